The van der Waals surface area contributed by atoms with Gasteiger partial charge in [-0.3, -0.25) is 10.1 Å². The van der Waals surface area contributed by atoms with Crippen LogP contribution in [0.3, 0.4) is 0 Å². The van der Waals surface area contributed by atoms with Crippen LogP contribution in [0, 0.1) is 10.1 Å². The number of hydrogen-bond donors (Lipinski definition) is 0. The van der Waals surface area contributed by atoms with E-state index in [9.17, 15) is 23.3 Å². The number of benzene rings is 1. The van der Waals surface area contributed by atoms with Gasteiger partial charge in [0.2, 0.25) is 0 Å². The van der Waals surface area contributed by atoms with Gasteiger partial charge in [0.25, 0.3) is 5.69 Å². The fraction of sp³-hybridized carbons (Fsp3) is 0.300. The molecule has 0 fully saturated rings. The van der Waals surface area contributed by atoms with E-state index < -0.39 is 22.4 Å². The normalized spacial score (nSPS) is 12.0. The summed E-state index contributed by atoms with van der Waals surface area (Å²) in [6.45, 7) is 2.10. The zero-order chi connectivity index (χ0) is 13.5. The highest BCUT2D eigenvalue weighted by Crippen LogP contribution is 2.35. The van der Waals surface area contributed by atoms with Crippen LogP contribution in [-0.4, -0.2) is 14.5 Å². The Labute approximate surface area is 99.0 Å². The Morgan fingerprint density at radius 2 is 2.11 bits per heavy atom. The van der Waals surface area contributed by atoms with Crippen LogP contribution in [0.1, 0.15) is 12.5 Å². The summed E-state index contributed by atoms with van der Waals surface area (Å²) >= 11 is 0. The maximum atomic E-state index is 12.6. The Kier molecular flexibility index (Phi) is 2.72. The molecule has 0 aliphatic heterocycles. The van der Waals surface area contributed by atoms with Gasteiger partial charge in [-0.1, -0.05) is 0 Å². The molecule has 0 radical (unpaired) electrons. The van der Waals surface area contributed by atoms with Crippen LogP contribution >= 0.6 is 0 Å². The second kappa shape index (κ2) is 3.97. The summed E-state index contributed by atoms with van der Waals surface area (Å²) < 4.78 is 39.4. The molecule has 0 saturated carbocycles. The third-order valence-electron chi connectivity index (χ3n) is 2.57. The first kappa shape index (κ1) is 12.3. The van der Waals surface area contributed by atoms with Gasteiger partial charge in [0.05, 0.1) is 22.3 Å². The van der Waals surface area contributed by atoms with Crippen LogP contribution in [0.25, 0.3) is 11.0 Å². The summed E-state index contributed by atoms with van der Waals surface area (Å²) in [6, 6.07) is 1.38. The van der Waals surface area contributed by atoms with Crippen LogP contribution in [-0.2, 0) is 12.7 Å². The van der Waals surface area contributed by atoms with Crippen LogP contribution in [0.15, 0.2) is 18.5 Å². The summed E-state index contributed by atoms with van der Waals surface area (Å²) in [5.41, 5.74) is -1.60. The molecule has 0 atom stereocenters. The molecule has 1 heterocycles. The number of non-ortho nitro benzene ring substituents is 1. The third kappa shape index (κ3) is 1.89. The van der Waals surface area contributed by atoms with Crippen molar-refractivity contribution in [2.24, 2.45) is 0 Å². The Balaban J connectivity index is 2.81. The van der Waals surface area contributed by atoms with Gasteiger partial charge in [-0.15, -0.1) is 0 Å². The number of nitro benzene ring substituents is 1. The van der Waals surface area contributed by atoms with E-state index in [0.29, 0.717) is 12.6 Å². The van der Waals surface area contributed by atoms with Crippen molar-refractivity contribution < 1.29 is 18.1 Å². The predicted octanol–water partition coefficient (Wildman–Crippen LogP) is 2.98. The number of nitrogens with zero attached hydrogens (tertiary/aromatic N) is 3. The van der Waals surface area contributed by atoms with E-state index >= 15 is 0 Å². The number of imidazole rings is 1. The van der Waals surface area contributed by atoms with E-state index in [0.717, 1.165) is 6.07 Å². The predicted molar refractivity (Wildman–Crippen MR) is 57.1 cm³/mol. The van der Waals surface area contributed by atoms with E-state index in [1.807, 2.05) is 0 Å². The molecule has 5 nitrogen and oxygen atoms in total. The fourth-order valence-corrected chi connectivity index (χ4v) is 1.70. The average molecular weight is 259 g/mol. The zero-order valence-electron chi connectivity index (χ0n) is 9.23. The molecule has 2 rings (SSSR count). The van der Waals surface area contributed by atoms with E-state index in [4.69, 9.17) is 0 Å². The van der Waals surface area contributed by atoms with Gasteiger partial charge in [-0.2, -0.15) is 13.2 Å². The van der Waals surface area contributed by atoms with Gasteiger partial charge < -0.3 is 4.57 Å². The average Bonchev–Trinajstić information content (AvgIpc) is 2.68. The minimum absolute atomic E-state index is 0.0325. The number of aromatic nitrogens is 2. The highest BCUT2D eigenvalue weighted by molar-refractivity contribution is 5.85. The van der Waals surface area contributed by atoms with E-state index in [2.05, 4.69) is 4.98 Å². The lowest BCUT2D eigenvalue weighted by Crippen LogP contribution is -2.06. The van der Waals surface area contributed by atoms with E-state index in [1.54, 1.807) is 6.92 Å². The van der Waals surface area contributed by atoms with Crippen molar-refractivity contribution in [2.75, 3.05) is 0 Å². The molecule has 0 amide bonds. The van der Waals surface area contributed by atoms with Gasteiger partial charge in [-0.25, -0.2) is 4.98 Å². The first-order chi connectivity index (χ1) is 8.34. The minimum Gasteiger partial charge on any atom is -0.331 e. The van der Waals surface area contributed by atoms with Gasteiger partial charge in [0.15, 0.2) is 5.52 Å². The van der Waals surface area contributed by atoms with E-state index in [1.165, 1.54) is 10.9 Å². The summed E-state index contributed by atoms with van der Waals surface area (Å²) in [7, 11) is 0. The monoisotopic (exact) mass is 259 g/mol. The molecule has 0 N–H and O–H groups in total. The molecule has 0 unspecified atom stereocenters. The van der Waals surface area contributed by atoms with Crippen LogP contribution < -0.4 is 0 Å². The fourth-order valence-electron chi connectivity index (χ4n) is 1.70. The second-order valence-electron chi connectivity index (χ2n) is 3.65. The number of alkyl halides is 3. The van der Waals surface area contributed by atoms with Crippen LogP contribution in [0.4, 0.5) is 18.9 Å². The van der Waals surface area contributed by atoms with Crippen LogP contribution in [0.5, 0.6) is 0 Å². The highest BCUT2D eigenvalue weighted by Gasteiger charge is 2.34. The molecule has 0 bridgehead atoms. The van der Waals surface area contributed by atoms with E-state index in [-0.39, 0.29) is 11.0 Å². The van der Waals surface area contributed by atoms with Crippen molar-refractivity contribution in [3.63, 3.8) is 0 Å². The lowest BCUT2D eigenvalue weighted by Gasteiger charge is -2.07. The quantitative estimate of drug-likeness (QED) is 0.615. The first-order valence-corrected chi connectivity index (χ1v) is 5.05. The minimum atomic E-state index is -4.62. The molecule has 8 heteroatoms. The Morgan fingerprint density at radius 1 is 1.44 bits per heavy atom. The number of hydrogen-bond acceptors (Lipinski definition) is 3. The molecule has 18 heavy (non-hydrogen) atoms. The van der Waals surface area contributed by atoms with Gasteiger partial charge in [0, 0.05) is 12.6 Å². The van der Waals surface area contributed by atoms with Crippen molar-refractivity contribution in [2.45, 2.75) is 19.6 Å². The van der Waals surface area contributed by atoms with Crippen molar-refractivity contribution in [3.8, 4) is 0 Å². The number of fused-ring (bicyclic) bond motifs is 1. The molecule has 1 aromatic carbocycles. The number of halogens is 3. The molecule has 0 aliphatic rings. The third-order valence-corrected chi connectivity index (χ3v) is 2.57. The summed E-state index contributed by atoms with van der Waals surface area (Å²) in [5, 5.41) is 10.8. The standard InChI is InChI=1S/C10H8F3N3O2/c1-2-15-5-14-9-7(15)3-6(10(11,12)13)4-8(9)16(17)18/h3-5H,2H2,1H3. The molecule has 0 aliphatic carbocycles. The molecule has 1 aromatic heterocycles. The Morgan fingerprint density at radius 3 is 2.61 bits per heavy atom. The van der Waals surface area contributed by atoms with Crippen molar-refractivity contribution in [1.29, 1.82) is 0 Å². The molecule has 2 aromatic rings. The van der Waals surface area contributed by atoms with Gasteiger partial charge in [-0.05, 0) is 13.0 Å². The summed E-state index contributed by atoms with van der Waals surface area (Å²) in [6.07, 6.45) is -3.33. The Hall–Kier alpha value is -2.12. The second-order valence-corrected chi connectivity index (χ2v) is 3.65. The molecule has 0 spiro atoms. The lowest BCUT2D eigenvalue weighted by molar-refractivity contribution is -0.383. The zero-order valence-corrected chi connectivity index (χ0v) is 9.23. The van der Waals surface area contributed by atoms with Gasteiger partial charge in [0.1, 0.15) is 0 Å². The lowest BCUT2D eigenvalue weighted by atomic mass is 10.1. The summed E-state index contributed by atoms with van der Waals surface area (Å²) in [5.74, 6) is 0. The maximum absolute atomic E-state index is 12.6. The number of rotatable bonds is 2. The largest absolute Gasteiger partial charge is 0.416 e. The number of aryl methyl sites for hydroxylation is 1. The maximum Gasteiger partial charge on any atom is 0.416 e. The van der Waals surface area contributed by atoms with Crippen molar-refractivity contribution in [3.05, 3.63) is 34.1 Å². The Bertz CT molecular complexity index is 619. The molecular weight excluding hydrogens is 251 g/mol. The smallest absolute Gasteiger partial charge is 0.331 e. The highest BCUT2D eigenvalue weighted by atomic mass is 19.4. The van der Waals surface area contributed by atoms with Gasteiger partial charge >= 0.3 is 6.18 Å². The summed E-state index contributed by atoms with van der Waals surface area (Å²) in [4.78, 5) is 13.7. The molecule has 0 saturated heterocycles. The van der Waals surface area contributed by atoms with Crippen molar-refractivity contribution >= 4 is 16.7 Å². The molecule has 96 valence electrons. The molecular formula is C10H8F3N3O2. The van der Waals surface area contributed by atoms with Crippen LogP contribution in [0.2, 0.25) is 0 Å². The van der Waals surface area contributed by atoms with Crippen molar-refractivity contribution in [1.82, 2.24) is 9.55 Å². The first-order valence-electron chi connectivity index (χ1n) is 5.05. The SMILES string of the molecule is CCn1cnc2c([N+](=O)[O-])cc(C(F)(F)F)cc21. The number of nitro groups is 1. The topological polar surface area (TPSA) is 61.0 Å².